The largest absolute Gasteiger partial charge is 0.464 e. The van der Waals surface area contributed by atoms with Gasteiger partial charge in [0.1, 0.15) is 9.74 Å². The van der Waals surface area contributed by atoms with Crippen molar-refractivity contribution >= 4 is 28.6 Å². The van der Waals surface area contributed by atoms with Crippen molar-refractivity contribution in [2.45, 2.75) is 19.9 Å². The molecular formula is C8H11IN2O2. The van der Waals surface area contributed by atoms with Crippen LogP contribution < -0.4 is 0 Å². The highest BCUT2D eigenvalue weighted by Gasteiger charge is 2.15. The predicted octanol–water partition coefficient (Wildman–Crippen LogP) is 1.61. The summed E-state index contributed by atoms with van der Waals surface area (Å²) in [6.45, 7) is 3.99. The van der Waals surface area contributed by atoms with Gasteiger partial charge >= 0.3 is 5.97 Å². The van der Waals surface area contributed by atoms with Crippen molar-refractivity contribution in [1.29, 1.82) is 0 Å². The minimum atomic E-state index is -0.295. The van der Waals surface area contributed by atoms with E-state index in [4.69, 9.17) is 4.74 Å². The highest BCUT2D eigenvalue weighted by Crippen LogP contribution is 2.09. The Morgan fingerprint density at radius 2 is 2.54 bits per heavy atom. The van der Waals surface area contributed by atoms with Crippen LogP contribution in [0, 0.1) is 3.70 Å². The van der Waals surface area contributed by atoms with Crippen LogP contribution in [-0.4, -0.2) is 22.1 Å². The number of carbonyl (C=O) groups is 1. The number of carbonyl (C=O) groups excluding carboxylic acids is 1. The summed E-state index contributed by atoms with van der Waals surface area (Å²) in [6, 6.07) is -0.295. The number of ether oxygens (including phenoxy) is 1. The van der Waals surface area contributed by atoms with Gasteiger partial charge in [-0.2, -0.15) is 0 Å². The summed E-state index contributed by atoms with van der Waals surface area (Å²) in [6.07, 6.45) is 3.44. The molecule has 0 fully saturated rings. The Balaban J connectivity index is 2.67. The maximum atomic E-state index is 11.3. The first-order valence-electron chi connectivity index (χ1n) is 4.00. The van der Waals surface area contributed by atoms with Crippen molar-refractivity contribution in [3.05, 3.63) is 16.2 Å². The first-order chi connectivity index (χ1) is 6.15. The highest BCUT2D eigenvalue weighted by atomic mass is 127. The molecule has 1 heterocycles. The highest BCUT2D eigenvalue weighted by molar-refractivity contribution is 14.1. The van der Waals surface area contributed by atoms with E-state index in [1.165, 1.54) is 0 Å². The lowest BCUT2D eigenvalue weighted by Gasteiger charge is -2.10. The zero-order valence-electron chi connectivity index (χ0n) is 7.53. The van der Waals surface area contributed by atoms with Gasteiger partial charge in [-0.1, -0.05) is 0 Å². The van der Waals surface area contributed by atoms with Gasteiger partial charge in [-0.15, -0.1) is 0 Å². The maximum Gasteiger partial charge on any atom is 0.328 e. The normalized spacial score (nSPS) is 12.5. The molecule has 1 atom stereocenters. The molecule has 0 spiro atoms. The Bertz CT molecular complexity index is 298. The topological polar surface area (TPSA) is 44.1 Å². The number of aromatic nitrogens is 2. The van der Waals surface area contributed by atoms with E-state index in [0.717, 1.165) is 3.70 Å². The molecule has 0 aliphatic heterocycles. The van der Waals surface area contributed by atoms with Crippen molar-refractivity contribution in [3.8, 4) is 0 Å². The Kier molecular flexibility index (Phi) is 3.71. The molecule has 13 heavy (non-hydrogen) atoms. The van der Waals surface area contributed by atoms with Gasteiger partial charge in [-0.25, -0.2) is 9.78 Å². The Morgan fingerprint density at radius 1 is 1.85 bits per heavy atom. The SMILES string of the molecule is CCOC(=O)[C@@H](C)n1cnc(I)c1. The van der Waals surface area contributed by atoms with Gasteiger partial charge in [0.2, 0.25) is 0 Å². The van der Waals surface area contributed by atoms with Crippen LogP contribution in [0.3, 0.4) is 0 Å². The summed E-state index contributed by atoms with van der Waals surface area (Å²) >= 11 is 2.09. The number of hydrogen-bond donors (Lipinski definition) is 0. The van der Waals surface area contributed by atoms with Crippen molar-refractivity contribution < 1.29 is 9.53 Å². The van der Waals surface area contributed by atoms with Gasteiger partial charge < -0.3 is 9.30 Å². The average molecular weight is 294 g/mol. The molecule has 0 aliphatic rings. The first-order valence-corrected chi connectivity index (χ1v) is 5.08. The molecule has 72 valence electrons. The van der Waals surface area contributed by atoms with Crippen molar-refractivity contribution in [2.24, 2.45) is 0 Å². The number of halogens is 1. The van der Waals surface area contributed by atoms with Gasteiger partial charge in [-0.05, 0) is 36.4 Å². The fourth-order valence-electron chi connectivity index (χ4n) is 0.908. The van der Waals surface area contributed by atoms with Gasteiger partial charge in [0, 0.05) is 6.20 Å². The summed E-state index contributed by atoms with van der Waals surface area (Å²) in [4.78, 5) is 15.3. The summed E-state index contributed by atoms with van der Waals surface area (Å²) in [5.74, 6) is -0.226. The van der Waals surface area contributed by atoms with Crippen LogP contribution in [0.15, 0.2) is 12.5 Å². The molecule has 0 saturated carbocycles. The molecule has 0 N–H and O–H groups in total. The van der Waals surface area contributed by atoms with Crippen LogP contribution in [0.1, 0.15) is 19.9 Å². The van der Waals surface area contributed by atoms with E-state index in [-0.39, 0.29) is 12.0 Å². The van der Waals surface area contributed by atoms with Crippen LogP contribution in [0.25, 0.3) is 0 Å². The smallest absolute Gasteiger partial charge is 0.328 e. The minimum absolute atomic E-state index is 0.226. The monoisotopic (exact) mass is 294 g/mol. The van der Waals surface area contributed by atoms with E-state index in [0.29, 0.717) is 6.61 Å². The molecule has 4 nitrogen and oxygen atoms in total. The molecule has 0 unspecified atom stereocenters. The molecule has 0 aliphatic carbocycles. The van der Waals surface area contributed by atoms with Gasteiger partial charge in [-0.3, -0.25) is 0 Å². The molecule has 1 rings (SSSR count). The third kappa shape index (κ3) is 2.68. The Hall–Kier alpha value is -0.590. The molecule has 1 aromatic heterocycles. The molecule has 0 radical (unpaired) electrons. The molecule has 0 amide bonds. The second-order valence-electron chi connectivity index (χ2n) is 2.57. The Morgan fingerprint density at radius 3 is 3.00 bits per heavy atom. The van der Waals surface area contributed by atoms with Crippen LogP contribution in [-0.2, 0) is 9.53 Å². The lowest BCUT2D eigenvalue weighted by Crippen LogP contribution is -2.17. The fraction of sp³-hybridized carbons (Fsp3) is 0.500. The van der Waals surface area contributed by atoms with Gasteiger partial charge in [0.15, 0.2) is 0 Å². The predicted molar refractivity (Wildman–Crippen MR) is 56.3 cm³/mol. The zero-order chi connectivity index (χ0) is 9.84. The first kappa shape index (κ1) is 10.5. The number of hydrogen-bond acceptors (Lipinski definition) is 3. The summed E-state index contributed by atoms with van der Waals surface area (Å²) in [5, 5.41) is 0. The van der Waals surface area contributed by atoms with E-state index in [9.17, 15) is 4.79 Å². The third-order valence-corrected chi connectivity index (χ3v) is 2.20. The second kappa shape index (κ2) is 4.59. The van der Waals surface area contributed by atoms with Gasteiger partial charge in [0.05, 0.1) is 12.9 Å². The summed E-state index contributed by atoms with van der Waals surface area (Å²) < 4.78 is 7.48. The van der Waals surface area contributed by atoms with Crippen LogP contribution in [0.5, 0.6) is 0 Å². The fourth-order valence-corrected chi connectivity index (χ4v) is 1.35. The average Bonchev–Trinajstić information content (AvgIpc) is 2.51. The van der Waals surface area contributed by atoms with Crippen molar-refractivity contribution in [3.63, 3.8) is 0 Å². The second-order valence-corrected chi connectivity index (χ2v) is 3.68. The molecular weight excluding hydrogens is 283 g/mol. The summed E-state index contributed by atoms with van der Waals surface area (Å²) in [5.41, 5.74) is 0. The lowest BCUT2D eigenvalue weighted by molar-refractivity contribution is -0.146. The molecule has 0 saturated heterocycles. The molecule has 1 aromatic rings. The van der Waals surface area contributed by atoms with Crippen LogP contribution >= 0.6 is 22.6 Å². The molecule has 5 heteroatoms. The van der Waals surface area contributed by atoms with Crippen LogP contribution in [0.2, 0.25) is 0 Å². The number of esters is 1. The number of nitrogens with zero attached hydrogens (tertiary/aromatic N) is 2. The van der Waals surface area contributed by atoms with Gasteiger partial charge in [0.25, 0.3) is 0 Å². The third-order valence-electron chi connectivity index (χ3n) is 1.64. The maximum absolute atomic E-state index is 11.3. The van der Waals surface area contributed by atoms with Crippen LogP contribution in [0.4, 0.5) is 0 Å². The van der Waals surface area contributed by atoms with E-state index >= 15 is 0 Å². The molecule has 0 bridgehead atoms. The molecule has 0 aromatic carbocycles. The number of rotatable bonds is 3. The number of imidazole rings is 1. The standard InChI is InChI=1S/C8H11IN2O2/c1-3-13-8(12)6(2)11-4-7(9)10-5-11/h4-6H,3H2,1-2H3/t6-/m1/s1. The zero-order valence-corrected chi connectivity index (χ0v) is 9.69. The van der Waals surface area contributed by atoms with E-state index in [1.54, 1.807) is 24.7 Å². The minimum Gasteiger partial charge on any atom is -0.464 e. The quantitative estimate of drug-likeness (QED) is 0.628. The van der Waals surface area contributed by atoms with E-state index in [2.05, 4.69) is 27.6 Å². The van der Waals surface area contributed by atoms with Crippen molar-refractivity contribution in [2.75, 3.05) is 6.61 Å². The lowest BCUT2D eigenvalue weighted by atomic mass is 10.3. The van der Waals surface area contributed by atoms with Crippen molar-refractivity contribution in [1.82, 2.24) is 9.55 Å². The summed E-state index contributed by atoms with van der Waals surface area (Å²) in [7, 11) is 0. The van der Waals surface area contributed by atoms with E-state index < -0.39 is 0 Å². The van der Waals surface area contributed by atoms with E-state index in [1.807, 2.05) is 6.20 Å². The Labute approximate surface area is 90.4 Å².